The zero-order valence-corrected chi connectivity index (χ0v) is 13.0. The van der Waals surface area contributed by atoms with Gasteiger partial charge in [-0.1, -0.05) is 13.8 Å². The Hall–Kier alpha value is -2.30. The molecular formula is C16H22N4O. The molecule has 0 saturated carbocycles. The summed E-state index contributed by atoms with van der Waals surface area (Å²) >= 11 is 0. The molecule has 0 unspecified atom stereocenters. The second kappa shape index (κ2) is 6.43. The Morgan fingerprint density at radius 2 is 2.00 bits per heavy atom. The third-order valence-corrected chi connectivity index (χ3v) is 3.21. The molecule has 3 N–H and O–H groups in total. The maximum atomic E-state index is 5.82. The summed E-state index contributed by atoms with van der Waals surface area (Å²) in [6.07, 6.45) is 0. The summed E-state index contributed by atoms with van der Waals surface area (Å²) in [6.45, 7) is 6.77. The van der Waals surface area contributed by atoms with Crippen molar-refractivity contribution in [2.75, 3.05) is 18.2 Å². The third kappa shape index (κ3) is 3.84. The monoisotopic (exact) mass is 286 g/mol. The number of nitrogens with one attached hydrogen (secondary N) is 1. The molecule has 112 valence electrons. The van der Waals surface area contributed by atoms with Crippen molar-refractivity contribution in [3.63, 3.8) is 0 Å². The van der Waals surface area contributed by atoms with Gasteiger partial charge < -0.3 is 15.8 Å². The van der Waals surface area contributed by atoms with Crippen LogP contribution < -0.4 is 15.8 Å². The number of methoxy groups -OCH3 is 1. The number of nitrogens with two attached hydrogens (primary N) is 1. The van der Waals surface area contributed by atoms with Crippen molar-refractivity contribution >= 4 is 11.6 Å². The Bertz CT molecular complexity index is 626. The first-order valence-corrected chi connectivity index (χ1v) is 7.01. The number of rotatable bonds is 5. The van der Waals surface area contributed by atoms with Gasteiger partial charge >= 0.3 is 0 Å². The summed E-state index contributed by atoms with van der Waals surface area (Å²) in [6, 6.07) is 7.59. The molecule has 0 radical (unpaired) electrons. The van der Waals surface area contributed by atoms with Gasteiger partial charge in [0.05, 0.1) is 7.11 Å². The molecule has 1 aromatic carbocycles. The van der Waals surface area contributed by atoms with E-state index >= 15 is 0 Å². The molecule has 0 amide bonds. The van der Waals surface area contributed by atoms with Crippen LogP contribution >= 0.6 is 0 Å². The molecule has 1 aromatic heterocycles. The number of anilines is 2. The van der Waals surface area contributed by atoms with E-state index < -0.39 is 0 Å². The third-order valence-electron chi connectivity index (χ3n) is 3.21. The second-order valence-electron chi connectivity index (χ2n) is 5.34. The molecule has 2 rings (SSSR count). The van der Waals surface area contributed by atoms with Gasteiger partial charge in [0.25, 0.3) is 0 Å². The topological polar surface area (TPSA) is 73.1 Å². The molecule has 0 aliphatic carbocycles. The number of hydrogen-bond acceptors (Lipinski definition) is 5. The van der Waals surface area contributed by atoms with Gasteiger partial charge in [0, 0.05) is 29.2 Å². The van der Waals surface area contributed by atoms with Crippen molar-refractivity contribution in [2.24, 2.45) is 0 Å². The van der Waals surface area contributed by atoms with Crippen molar-refractivity contribution in [3.8, 4) is 5.75 Å². The average molecular weight is 286 g/mol. The van der Waals surface area contributed by atoms with E-state index in [2.05, 4.69) is 29.1 Å². The number of nitrogens with zero attached hydrogens (tertiary/aromatic N) is 2. The molecule has 0 saturated heterocycles. The van der Waals surface area contributed by atoms with Crippen LogP contribution in [0.2, 0.25) is 0 Å². The minimum absolute atomic E-state index is 0.370. The number of benzene rings is 1. The van der Waals surface area contributed by atoms with Crippen molar-refractivity contribution < 1.29 is 4.74 Å². The molecule has 0 fully saturated rings. The standard InChI is InChI=1S/C16H22N4O/c1-10(2)14-7-11(3)19-16(20-14)18-9-12-8-13(17)5-6-15(12)21-4/h5-8,10H,9,17H2,1-4H3,(H,18,19,20). The number of nitrogen functional groups attached to an aromatic ring is 1. The fourth-order valence-corrected chi connectivity index (χ4v) is 2.08. The van der Waals surface area contributed by atoms with Crippen LogP contribution in [0.3, 0.4) is 0 Å². The average Bonchev–Trinajstić information content (AvgIpc) is 2.44. The van der Waals surface area contributed by atoms with E-state index in [-0.39, 0.29) is 0 Å². The van der Waals surface area contributed by atoms with Crippen LogP contribution in [0, 0.1) is 6.92 Å². The van der Waals surface area contributed by atoms with Crippen LogP contribution in [-0.2, 0) is 6.54 Å². The summed E-state index contributed by atoms with van der Waals surface area (Å²) in [5.41, 5.74) is 9.50. The predicted octanol–water partition coefficient (Wildman–Crippen LogP) is 3.11. The van der Waals surface area contributed by atoms with Gasteiger partial charge in [-0.05, 0) is 37.1 Å². The molecule has 5 heteroatoms. The van der Waals surface area contributed by atoms with E-state index in [1.54, 1.807) is 7.11 Å². The Morgan fingerprint density at radius 3 is 2.67 bits per heavy atom. The highest BCUT2D eigenvalue weighted by Crippen LogP contribution is 2.22. The minimum Gasteiger partial charge on any atom is -0.496 e. The minimum atomic E-state index is 0.370. The lowest BCUT2D eigenvalue weighted by atomic mass is 10.1. The SMILES string of the molecule is COc1ccc(N)cc1CNc1nc(C)cc(C(C)C)n1. The molecule has 1 heterocycles. The fourth-order valence-electron chi connectivity index (χ4n) is 2.08. The first-order valence-electron chi connectivity index (χ1n) is 7.01. The van der Waals surface area contributed by atoms with Crippen LogP contribution in [0.25, 0.3) is 0 Å². The lowest BCUT2D eigenvalue weighted by Crippen LogP contribution is -2.08. The van der Waals surface area contributed by atoms with Gasteiger partial charge in [0.15, 0.2) is 0 Å². The molecule has 0 bridgehead atoms. The Balaban J connectivity index is 2.18. The van der Waals surface area contributed by atoms with Crippen molar-refractivity contribution in [3.05, 3.63) is 41.2 Å². The molecule has 0 atom stereocenters. The van der Waals surface area contributed by atoms with Crippen LogP contribution in [-0.4, -0.2) is 17.1 Å². The highest BCUT2D eigenvalue weighted by molar-refractivity contribution is 5.49. The molecule has 21 heavy (non-hydrogen) atoms. The molecule has 5 nitrogen and oxygen atoms in total. The molecule has 0 aliphatic heterocycles. The second-order valence-corrected chi connectivity index (χ2v) is 5.34. The van der Waals surface area contributed by atoms with Gasteiger partial charge in [-0.15, -0.1) is 0 Å². The summed E-state index contributed by atoms with van der Waals surface area (Å²) in [5, 5.41) is 3.24. The summed E-state index contributed by atoms with van der Waals surface area (Å²) in [7, 11) is 1.65. The fraction of sp³-hybridized carbons (Fsp3) is 0.375. The Morgan fingerprint density at radius 1 is 1.24 bits per heavy atom. The van der Waals surface area contributed by atoms with Gasteiger partial charge in [0.2, 0.25) is 5.95 Å². The van der Waals surface area contributed by atoms with Crippen molar-refractivity contribution in [2.45, 2.75) is 33.2 Å². The quantitative estimate of drug-likeness (QED) is 0.826. The van der Waals surface area contributed by atoms with Gasteiger partial charge in [-0.2, -0.15) is 0 Å². The summed E-state index contributed by atoms with van der Waals surface area (Å²) < 4.78 is 5.34. The van der Waals surface area contributed by atoms with Gasteiger partial charge in [0.1, 0.15) is 5.75 Å². The first-order chi connectivity index (χ1) is 9.99. The van der Waals surface area contributed by atoms with E-state index in [0.717, 1.165) is 22.7 Å². The van der Waals surface area contributed by atoms with E-state index in [4.69, 9.17) is 10.5 Å². The van der Waals surface area contributed by atoms with E-state index in [1.165, 1.54) is 0 Å². The number of hydrogen-bond donors (Lipinski definition) is 2. The van der Waals surface area contributed by atoms with E-state index in [1.807, 2.05) is 31.2 Å². The van der Waals surface area contributed by atoms with Crippen LogP contribution in [0.1, 0.15) is 36.7 Å². The largest absolute Gasteiger partial charge is 0.496 e. The van der Waals surface area contributed by atoms with Gasteiger partial charge in [-0.25, -0.2) is 9.97 Å². The van der Waals surface area contributed by atoms with Crippen molar-refractivity contribution in [1.82, 2.24) is 9.97 Å². The van der Waals surface area contributed by atoms with Crippen LogP contribution in [0.15, 0.2) is 24.3 Å². The molecule has 0 aliphatic rings. The zero-order valence-electron chi connectivity index (χ0n) is 13.0. The van der Waals surface area contributed by atoms with Crippen LogP contribution in [0.4, 0.5) is 11.6 Å². The maximum Gasteiger partial charge on any atom is 0.223 e. The number of aromatic nitrogens is 2. The van der Waals surface area contributed by atoms with Crippen LogP contribution in [0.5, 0.6) is 5.75 Å². The smallest absolute Gasteiger partial charge is 0.223 e. The summed E-state index contributed by atoms with van der Waals surface area (Å²) in [4.78, 5) is 8.95. The normalized spacial score (nSPS) is 10.7. The molecule has 0 spiro atoms. The Labute approximate surface area is 125 Å². The number of aryl methyl sites for hydroxylation is 1. The zero-order chi connectivity index (χ0) is 15.4. The first kappa shape index (κ1) is 15.1. The van der Waals surface area contributed by atoms with Crippen molar-refractivity contribution in [1.29, 1.82) is 0 Å². The van der Waals surface area contributed by atoms with E-state index in [9.17, 15) is 0 Å². The highest BCUT2D eigenvalue weighted by atomic mass is 16.5. The maximum absolute atomic E-state index is 5.82. The lowest BCUT2D eigenvalue weighted by Gasteiger charge is -2.12. The number of ether oxygens (including phenoxy) is 1. The van der Waals surface area contributed by atoms with Gasteiger partial charge in [-0.3, -0.25) is 0 Å². The van der Waals surface area contributed by atoms with E-state index in [0.29, 0.717) is 24.1 Å². The molecule has 2 aromatic rings. The molecular weight excluding hydrogens is 264 g/mol. The highest BCUT2D eigenvalue weighted by Gasteiger charge is 2.08. The Kier molecular flexibility index (Phi) is 4.62. The predicted molar refractivity (Wildman–Crippen MR) is 85.6 cm³/mol. The lowest BCUT2D eigenvalue weighted by molar-refractivity contribution is 0.410. The summed E-state index contributed by atoms with van der Waals surface area (Å²) in [5.74, 6) is 1.80.